The van der Waals surface area contributed by atoms with E-state index < -0.39 is 0 Å². The van der Waals surface area contributed by atoms with Crippen LogP contribution in [0.5, 0.6) is 0 Å². The summed E-state index contributed by atoms with van der Waals surface area (Å²) in [4.78, 5) is 13.3. The summed E-state index contributed by atoms with van der Waals surface area (Å²) in [6, 6.07) is 0.435. The van der Waals surface area contributed by atoms with Gasteiger partial charge in [0.1, 0.15) is 0 Å². The number of carbonyl (C=O) groups excluding carboxylic acids is 1. The van der Waals surface area contributed by atoms with Crippen LogP contribution in [0.25, 0.3) is 0 Å². The molecule has 2 heterocycles. The van der Waals surface area contributed by atoms with Gasteiger partial charge in [0, 0.05) is 19.0 Å². The van der Waals surface area contributed by atoms with Crippen molar-refractivity contribution in [3.8, 4) is 0 Å². The molecule has 2 rings (SSSR count). The van der Waals surface area contributed by atoms with E-state index in [0.717, 1.165) is 6.54 Å². The van der Waals surface area contributed by atoms with Crippen LogP contribution in [0.2, 0.25) is 0 Å². The Labute approximate surface area is 66.9 Å². The minimum absolute atomic E-state index is 0.317. The molecule has 0 bridgehead atoms. The summed E-state index contributed by atoms with van der Waals surface area (Å²) in [5.74, 6) is 0.317. The van der Waals surface area contributed by atoms with Gasteiger partial charge in [-0.05, 0) is 19.3 Å². The van der Waals surface area contributed by atoms with Crippen LogP contribution in [0.4, 0.5) is 0 Å². The smallest absolute Gasteiger partial charge is 0.226 e. The van der Waals surface area contributed by atoms with E-state index in [0.29, 0.717) is 18.4 Å². The van der Waals surface area contributed by atoms with Crippen LogP contribution in [0.15, 0.2) is 12.2 Å². The van der Waals surface area contributed by atoms with Crippen LogP contribution >= 0.6 is 0 Å². The third-order valence-corrected chi connectivity index (χ3v) is 2.52. The van der Waals surface area contributed by atoms with E-state index in [1.54, 1.807) is 0 Å². The first-order chi connectivity index (χ1) is 5.38. The lowest BCUT2D eigenvalue weighted by Crippen LogP contribution is -2.44. The second-order valence-corrected chi connectivity index (χ2v) is 3.28. The van der Waals surface area contributed by atoms with Gasteiger partial charge in [-0.2, -0.15) is 0 Å². The summed E-state index contributed by atoms with van der Waals surface area (Å²) in [5, 5.41) is 0. The number of piperidine rings is 1. The van der Waals surface area contributed by atoms with E-state index in [4.69, 9.17) is 0 Å². The number of hydrogen-bond donors (Lipinski definition) is 0. The van der Waals surface area contributed by atoms with Crippen molar-refractivity contribution in [2.75, 3.05) is 6.54 Å². The quantitative estimate of drug-likeness (QED) is 0.478. The molecule has 11 heavy (non-hydrogen) atoms. The van der Waals surface area contributed by atoms with Gasteiger partial charge >= 0.3 is 0 Å². The van der Waals surface area contributed by atoms with Gasteiger partial charge in [-0.15, -0.1) is 0 Å². The fraction of sp³-hybridized carbons (Fsp3) is 0.667. The van der Waals surface area contributed by atoms with Crippen molar-refractivity contribution in [3.05, 3.63) is 12.2 Å². The molecule has 0 aliphatic carbocycles. The monoisotopic (exact) mass is 151 g/mol. The lowest BCUT2D eigenvalue weighted by Gasteiger charge is -2.36. The Balaban J connectivity index is 2.15. The van der Waals surface area contributed by atoms with Crippen LogP contribution < -0.4 is 0 Å². The molecular weight excluding hydrogens is 138 g/mol. The molecule has 0 radical (unpaired) electrons. The standard InChI is InChI=1S/C9H13NO/c11-9-6-3-5-8-4-1-2-7-10(8)9/h3,5,8H,1-2,4,6-7H2/t8-/m0/s1. The van der Waals surface area contributed by atoms with Crippen molar-refractivity contribution in [1.29, 1.82) is 0 Å². The maximum atomic E-state index is 11.3. The number of nitrogens with zero attached hydrogens (tertiary/aromatic N) is 1. The molecule has 0 aromatic rings. The number of amides is 1. The van der Waals surface area contributed by atoms with Gasteiger partial charge in [0.25, 0.3) is 0 Å². The number of rotatable bonds is 0. The summed E-state index contributed by atoms with van der Waals surface area (Å²) in [6.07, 6.45) is 8.45. The van der Waals surface area contributed by atoms with E-state index >= 15 is 0 Å². The van der Waals surface area contributed by atoms with Gasteiger partial charge in [-0.1, -0.05) is 12.2 Å². The summed E-state index contributed by atoms with van der Waals surface area (Å²) >= 11 is 0. The fourth-order valence-electron chi connectivity index (χ4n) is 1.91. The Morgan fingerprint density at radius 2 is 2.36 bits per heavy atom. The molecule has 0 saturated carbocycles. The van der Waals surface area contributed by atoms with Gasteiger partial charge in [0.15, 0.2) is 0 Å². The Hall–Kier alpha value is -0.790. The van der Waals surface area contributed by atoms with Gasteiger partial charge in [-0.3, -0.25) is 4.79 Å². The molecule has 2 aliphatic rings. The molecule has 0 N–H and O–H groups in total. The summed E-state index contributed by atoms with van der Waals surface area (Å²) in [6.45, 7) is 0.980. The second kappa shape index (κ2) is 2.68. The average Bonchev–Trinajstić information content (AvgIpc) is 2.06. The van der Waals surface area contributed by atoms with E-state index in [9.17, 15) is 4.79 Å². The Kier molecular flexibility index (Phi) is 1.68. The minimum Gasteiger partial charge on any atom is -0.336 e. The van der Waals surface area contributed by atoms with Crippen LogP contribution in [0.3, 0.4) is 0 Å². The van der Waals surface area contributed by atoms with Crippen LogP contribution in [-0.4, -0.2) is 23.4 Å². The second-order valence-electron chi connectivity index (χ2n) is 3.28. The Morgan fingerprint density at radius 1 is 1.45 bits per heavy atom. The zero-order chi connectivity index (χ0) is 7.68. The van der Waals surface area contributed by atoms with E-state index in [2.05, 4.69) is 6.08 Å². The molecule has 0 aromatic heterocycles. The molecule has 0 unspecified atom stereocenters. The van der Waals surface area contributed by atoms with Crippen LogP contribution in [0.1, 0.15) is 25.7 Å². The first-order valence-corrected chi connectivity index (χ1v) is 4.34. The highest BCUT2D eigenvalue weighted by atomic mass is 16.2. The topological polar surface area (TPSA) is 20.3 Å². The molecular formula is C9H13NO. The van der Waals surface area contributed by atoms with E-state index in [1.807, 2.05) is 11.0 Å². The van der Waals surface area contributed by atoms with Crippen LogP contribution in [0, 0.1) is 0 Å². The minimum atomic E-state index is 0.317. The fourth-order valence-corrected chi connectivity index (χ4v) is 1.91. The third-order valence-electron chi connectivity index (χ3n) is 2.52. The summed E-state index contributed by atoms with van der Waals surface area (Å²) < 4.78 is 0. The molecule has 0 spiro atoms. The normalized spacial score (nSPS) is 30.4. The van der Waals surface area contributed by atoms with Crippen LogP contribution in [-0.2, 0) is 4.79 Å². The maximum Gasteiger partial charge on any atom is 0.226 e. The van der Waals surface area contributed by atoms with E-state index in [1.165, 1.54) is 19.3 Å². The summed E-state index contributed by atoms with van der Waals surface area (Å²) in [7, 11) is 0. The van der Waals surface area contributed by atoms with Gasteiger partial charge < -0.3 is 4.90 Å². The lowest BCUT2D eigenvalue weighted by molar-refractivity contribution is -0.133. The van der Waals surface area contributed by atoms with Gasteiger partial charge in [-0.25, -0.2) is 0 Å². The maximum absolute atomic E-state index is 11.3. The van der Waals surface area contributed by atoms with Crippen molar-refractivity contribution in [2.24, 2.45) is 0 Å². The first-order valence-electron chi connectivity index (χ1n) is 4.34. The molecule has 1 amide bonds. The number of fused-ring (bicyclic) bond motifs is 1. The summed E-state index contributed by atoms with van der Waals surface area (Å²) in [5.41, 5.74) is 0. The van der Waals surface area contributed by atoms with Crippen molar-refractivity contribution in [1.82, 2.24) is 4.90 Å². The van der Waals surface area contributed by atoms with E-state index in [-0.39, 0.29) is 0 Å². The zero-order valence-corrected chi connectivity index (χ0v) is 6.62. The Morgan fingerprint density at radius 3 is 3.18 bits per heavy atom. The predicted octanol–water partition coefficient (Wildman–Crippen LogP) is 1.33. The highest BCUT2D eigenvalue weighted by Gasteiger charge is 2.26. The average molecular weight is 151 g/mol. The van der Waals surface area contributed by atoms with Gasteiger partial charge in [0.05, 0.1) is 0 Å². The largest absolute Gasteiger partial charge is 0.336 e. The molecule has 1 saturated heterocycles. The predicted molar refractivity (Wildman–Crippen MR) is 43.1 cm³/mol. The lowest BCUT2D eigenvalue weighted by atomic mass is 9.98. The highest BCUT2D eigenvalue weighted by Crippen LogP contribution is 2.21. The first kappa shape index (κ1) is 6.89. The zero-order valence-electron chi connectivity index (χ0n) is 6.62. The number of hydrogen-bond acceptors (Lipinski definition) is 1. The van der Waals surface area contributed by atoms with Gasteiger partial charge in [0.2, 0.25) is 5.91 Å². The molecule has 2 aliphatic heterocycles. The molecule has 2 nitrogen and oxygen atoms in total. The SMILES string of the molecule is O=C1CC=C[C@@H]2CCCCN12. The van der Waals surface area contributed by atoms with Crippen molar-refractivity contribution < 1.29 is 4.79 Å². The van der Waals surface area contributed by atoms with Crippen molar-refractivity contribution in [2.45, 2.75) is 31.7 Å². The molecule has 0 aromatic carbocycles. The number of carbonyl (C=O) groups is 1. The molecule has 1 fully saturated rings. The Bertz CT molecular complexity index is 198. The highest BCUT2D eigenvalue weighted by molar-refractivity contribution is 5.79. The third kappa shape index (κ3) is 1.17. The molecule has 1 atom stereocenters. The molecule has 2 heteroatoms. The van der Waals surface area contributed by atoms with Crippen molar-refractivity contribution >= 4 is 5.91 Å². The molecule has 60 valence electrons. The van der Waals surface area contributed by atoms with Crippen molar-refractivity contribution in [3.63, 3.8) is 0 Å².